The Balaban J connectivity index is 1.28. The molecule has 1 heterocycles. The molecule has 4 N–H and O–H groups in total. The lowest BCUT2D eigenvalue weighted by atomic mass is 10.1. The fourth-order valence-corrected chi connectivity index (χ4v) is 6.07. The minimum absolute atomic E-state index is 0.00145. The smallest absolute Gasteiger partial charge is 0.415 e. The van der Waals surface area contributed by atoms with E-state index in [4.69, 9.17) is 20.0 Å². The topological polar surface area (TPSA) is 155 Å². The summed E-state index contributed by atoms with van der Waals surface area (Å²) in [6.45, 7) is 2.11. The first-order valence-electron chi connectivity index (χ1n) is 15.1. The Morgan fingerprint density at radius 1 is 0.894 bits per heavy atom. The van der Waals surface area contributed by atoms with Crippen LogP contribution >= 0.6 is 0 Å². The van der Waals surface area contributed by atoms with Crippen LogP contribution in [-0.2, 0) is 27.8 Å². The zero-order valence-electron chi connectivity index (χ0n) is 26.0. The number of carbonyl (C=O) groups excluding carboxylic acids is 2. The van der Waals surface area contributed by atoms with Crippen LogP contribution in [0.1, 0.15) is 29.5 Å². The molecule has 4 aromatic rings. The third-order valence-electron chi connectivity index (χ3n) is 7.79. The number of piperidine rings is 1. The zero-order valence-corrected chi connectivity index (χ0v) is 26.8. The molecule has 0 aromatic heterocycles. The Hall–Kier alpha value is -5.04. The molecule has 0 radical (unpaired) electrons. The first-order chi connectivity index (χ1) is 22.5. The number of likely N-dealkylation sites (tertiary alicyclic amines) is 1. The zero-order chi connectivity index (χ0) is 33.4. The molecule has 0 aliphatic carbocycles. The molecule has 244 valence electrons. The number of nitrogens with two attached hydrogens (primary N) is 1. The van der Waals surface area contributed by atoms with Crippen LogP contribution in [0.15, 0.2) is 108 Å². The van der Waals surface area contributed by atoms with Gasteiger partial charge in [-0.1, -0.05) is 78.9 Å². The van der Waals surface area contributed by atoms with Crippen molar-refractivity contribution in [3.8, 4) is 16.9 Å². The van der Waals surface area contributed by atoms with E-state index in [1.54, 1.807) is 60.7 Å². The van der Waals surface area contributed by atoms with Gasteiger partial charge in [-0.2, -0.15) is 0 Å². The maximum absolute atomic E-state index is 13.5. The van der Waals surface area contributed by atoms with E-state index in [1.165, 1.54) is 11.0 Å². The van der Waals surface area contributed by atoms with Gasteiger partial charge in [0, 0.05) is 37.3 Å². The van der Waals surface area contributed by atoms with Gasteiger partial charge in [-0.25, -0.2) is 23.1 Å². The molecule has 0 atom stereocenters. The highest BCUT2D eigenvalue weighted by Crippen LogP contribution is 2.28. The van der Waals surface area contributed by atoms with Gasteiger partial charge in [-0.15, -0.1) is 0 Å². The number of amidine groups is 1. The molecular formula is C35H37N5O6S. The molecule has 0 spiro atoms. The fourth-order valence-electron chi connectivity index (χ4n) is 5.31. The van der Waals surface area contributed by atoms with Gasteiger partial charge in [-0.05, 0) is 60.8 Å². The van der Waals surface area contributed by atoms with Crippen molar-refractivity contribution >= 4 is 28.0 Å². The van der Waals surface area contributed by atoms with Crippen LogP contribution in [0, 0.1) is 5.41 Å². The number of nitrogens with one attached hydrogen (secondary N) is 2. The van der Waals surface area contributed by atoms with Crippen LogP contribution in [0.3, 0.4) is 0 Å². The van der Waals surface area contributed by atoms with Crippen molar-refractivity contribution in [2.45, 2.75) is 36.9 Å². The Bertz CT molecular complexity index is 1820. The average Bonchev–Trinajstić information content (AvgIpc) is 3.06. The number of nitrogens with zero attached hydrogens (tertiary/aromatic N) is 2. The first-order valence-corrected chi connectivity index (χ1v) is 16.7. The highest BCUT2D eigenvalue weighted by molar-refractivity contribution is 7.89. The molecule has 0 bridgehead atoms. The highest BCUT2D eigenvalue weighted by Gasteiger charge is 2.22. The molecule has 2 amide bonds. The quantitative estimate of drug-likeness (QED) is 0.162. The molecule has 5 rings (SSSR count). The van der Waals surface area contributed by atoms with E-state index < -0.39 is 22.2 Å². The second-order valence-corrected chi connectivity index (χ2v) is 12.9. The first kappa shape index (κ1) is 33.3. The van der Waals surface area contributed by atoms with E-state index in [-0.39, 0.29) is 35.7 Å². The summed E-state index contributed by atoms with van der Waals surface area (Å²) >= 11 is 0. The van der Waals surface area contributed by atoms with E-state index >= 15 is 0 Å². The SMILES string of the molecule is CN1CCC(OC(=O)NC(=N)c2cccc(CN(Cc3ccccc3)C(=O)Oc3ccc(-c4ccccc4S(N)(=O)=O)cc3)c2)CC1. The number of sulfonamides is 1. The second-order valence-electron chi connectivity index (χ2n) is 11.4. The Labute approximate surface area is 274 Å². The maximum Gasteiger partial charge on any atom is 0.415 e. The van der Waals surface area contributed by atoms with Gasteiger partial charge in [0.15, 0.2) is 0 Å². The number of hydrogen-bond acceptors (Lipinski definition) is 8. The molecule has 1 aliphatic heterocycles. The van der Waals surface area contributed by atoms with E-state index in [0.29, 0.717) is 16.7 Å². The standard InChI is InChI=1S/C35H37N5O6S/c1-39-20-18-30(19-21-39)45-34(41)38-33(36)28-11-7-10-26(22-28)24-40(23-25-8-3-2-4-9-25)35(42)46-29-16-14-27(15-17-29)31-12-5-6-13-32(31)47(37,43)44/h2-17,22,30H,18-21,23-24H2,1H3,(H2,36,38,41)(H2,37,43,44). The van der Waals surface area contributed by atoms with Crippen LogP contribution in [0.2, 0.25) is 0 Å². The number of primary sulfonamides is 1. The van der Waals surface area contributed by atoms with Crippen LogP contribution in [0.25, 0.3) is 11.1 Å². The number of carbonyl (C=O) groups is 2. The summed E-state index contributed by atoms with van der Waals surface area (Å²) in [4.78, 5) is 29.7. The van der Waals surface area contributed by atoms with Crippen LogP contribution < -0.4 is 15.2 Å². The Kier molecular flexibility index (Phi) is 10.7. The van der Waals surface area contributed by atoms with Gasteiger partial charge in [0.25, 0.3) is 0 Å². The molecule has 47 heavy (non-hydrogen) atoms. The number of benzene rings is 4. The average molecular weight is 656 g/mol. The lowest BCUT2D eigenvalue weighted by Crippen LogP contribution is -2.39. The van der Waals surface area contributed by atoms with Crippen molar-refractivity contribution in [1.82, 2.24) is 15.1 Å². The van der Waals surface area contributed by atoms with Gasteiger partial charge in [0.1, 0.15) is 17.7 Å². The number of amides is 2. The summed E-state index contributed by atoms with van der Waals surface area (Å²) in [7, 11) is -1.91. The summed E-state index contributed by atoms with van der Waals surface area (Å²) < 4.78 is 35.4. The Morgan fingerprint density at radius 2 is 1.53 bits per heavy atom. The number of alkyl carbamates (subject to hydrolysis) is 1. The second kappa shape index (κ2) is 15.0. The van der Waals surface area contributed by atoms with Crippen molar-refractivity contribution in [3.05, 3.63) is 120 Å². The minimum Gasteiger partial charge on any atom is -0.446 e. The minimum atomic E-state index is -3.94. The van der Waals surface area contributed by atoms with E-state index in [9.17, 15) is 18.0 Å². The molecule has 0 unspecified atom stereocenters. The fraction of sp³-hybridized carbons (Fsp3) is 0.229. The number of hydrogen-bond donors (Lipinski definition) is 3. The van der Waals surface area contributed by atoms with Gasteiger partial charge in [-0.3, -0.25) is 15.6 Å². The number of ether oxygens (including phenoxy) is 2. The lowest BCUT2D eigenvalue weighted by Gasteiger charge is -2.28. The highest BCUT2D eigenvalue weighted by atomic mass is 32.2. The predicted octanol–water partition coefficient (Wildman–Crippen LogP) is 5.35. The lowest BCUT2D eigenvalue weighted by molar-refractivity contribution is 0.0602. The van der Waals surface area contributed by atoms with Gasteiger partial charge < -0.3 is 14.4 Å². The van der Waals surface area contributed by atoms with Crippen LogP contribution in [0.4, 0.5) is 9.59 Å². The summed E-state index contributed by atoms with van der Waals surface area (Å²) in [6, 6.07) is 29.4. The van der Waals surface area contributed by atoms with Gasteiger partial charge >= 0.3 is 12.2 Å². The summed E-state index contributed by atoms with van der Waals surface area (Å²) in [5, 5.41) is 16.4. The van der Waals surface area contributed by atoms with Crippen LogP contribution in [0.5, 0.6) is 5.75 Å². The summed E-state index contributed by atoms with van der Waals surface area (Å²) in [5.41, 5.74) is 3.11. The molecule has 12 heteroatoms. The largest absolute Gasteiger partial charge is 0.446 e. The van der Waals surface area contributed by atoms with Gasteiger partial charge in [0.05, 0.1) is 4.90 Å². The van der Waals surface area contributed by atoms with Crippen molar-refractivity contribution in [3.63, 3.8) is 0 Å². The van der Waals surface area contributed by atoms with Crippen LogP contribution in [-0.4, -0.2) is 62.5 Å². The molecule has 1 fully saturated rings. The van der Waals surface area contributed by atoms with Crippen molar-refractivity contribution in [2.24, 2.45) is 5.14 Å². The van der Waals surface area contributed by atoms with Crippen molar-refractivity contribution in [2.75, 3.05) is 20.1 Å². The molecule has 4 aromatic carbocycles. The van der Waals surface area contributed by atoms with Gasteiger partial charge in [0.2, 0.25) is 10.0 Å². The number of rotatable bonds is 9. The van der Waals surface area contributed by atoms with E-state index in [0.717, 1.165) is 37.1 Å². The predicted molar refractivity (Wildman–Crippen MR) is 178 cm³/mol. The molecular weight excluding hydrogens is 618 g/mol. The third kappa shape index (κ3) is 9.26. The van der Waals surface area contributed by atoms with Crippen molar-refractivity contribution in [1.29, 1.82) is 5.41 Å². The molecule has 1 saturated heterocycles. The molecule has 1 aliphatic rings. The summed E-state index contributed by atoms with van der Waals surface area (Å²) in [6.07, 6.45) is 0.0420. The molecule has 0 saturated carbocycles. The third-order valence-corrected chi connectivity index (χ3v) is 8.76. The summed E-state index contributed by atoms with van der Waals surface area (Å²) in [5.74, 6) is 0.166. The normalized spacial score (nSPS) is 13.8. The van der Waals surface area contributed by atoms with Crippen molar-refractivity contribution < 1.29 is 27.5 Å². The van der Waals surface area contributed by atoms with E-state index in [2.05, 4.69) is 10.2 Å². The molecule has 11 nitrogen and oxygen atoms in total. The van der Waals surface area contributed by atoms with E-state index in [1.807, 2.05) is 43.4 Å². The maximum atomic E-state index is 13.5. The Morgan fingerprint density at radius 3 is 2.23 bits per heavy atom. The monoisotopic (exact) mass is 655 g/mol.